The fraction of sp³-hybridized carbons (Fsp3) is 0.867. The molecule has 2 rings (SSSR count). The van der Waals surface area contributed by atoms with Crippen molar-refractivity contribution in [1.82, 2.24) is 10.2 Å². The number of nitrogens with zero attached hydrogens (tertiary/aromatic N) is 1. The Labute approximate surface area is 115 Å². The van der Waals surface area contributed by atoms with Gasteiger partial charge in [-0.2, -0.15) is 0 Å². The smallest absolute Gasteiger partial charge is 0.246 e. The van der Waals surface area contributed by atoms with E-state index in [9.17, 15) is 9.59 Å². The zero-order chi connectivity index (χ0) is 14.0. The van der Waals surface area contributed by atoms with Crippen LogP contribution in [0.5, 0.6) is 0 Å². The lowest BCUT2D eigenvalue weighted by Gasteiger charge is -2.49. The van der Waals surface area contributed by atoms with Crippen LogP contribution in [0.15, 0.2) is 0 Å². The maximum absolute atomic E-state index is 12.7. The largest absolute Gasteiger partial charge is 0.342 e. The van der Waals surface area contributed by atoms with E-state index in [1.54, 1.807) is 0 Å². The zero-order valence-corrected chi connectivity index (χ0v) is 12.4. The predicted molar refractivity (Wildman–Crippen MR) is 74.6 cm³/mol. The molecule has 1 heterocycles. The molecule has 1 aliphatic carbocycles. The maximum Gasteiger partial charge on any atom is 0.246 e. The van der Waals surface area contributed by atoms with Gasteiger partial charge in [-0.15, -0.1) is 0 Å². The van der Waals surface area contributed by atoms with Crippen molar-refractivity contribution < 1.29 is 9.59 Å². The van der Waals surface area contributed by atoms with Crippen molar-refractivity contribution in [2.45, 2.75) is 83.3 Å². The normalized spacial score (nSPS) is 28.4. The molecule has 4 heteroatoms. The highest BCUT2D eigenvalue weighted by Crippen LogP contribution is 2.32. The summed E-state index contributed by atoms with van der Waals surface area (Å²) in [7, 11) is 0. The minimum atomic E-state index is -0.705. The van der Waals surface area contributed by atoms with Crippen molar-refractivity contribution in [3.05, 3.63) is 0 Å². The second kappa shape index (κ2) is 5.51. The third-order valence-electron chi connectivity index (χ3n) is 4.52. The van der Waals surface area contributed by atoms with Crippen LogP contribution in [0.4, 0.5) is 0 Å². The van der Waals surface area contributed by atoms with Crippen LogP contribution in [-0.4, -0.2) is 34.3 Å². The minimum absolute atomic E-state index is 0.00359. The monoisotopic (exact) mass is 266 g/mol. The molecule has 1 atom stereocenters. The second-order valence-electron chi connectivity index (χ2n) is 6.37. The van der Waals surface area contributed by atoms with Crippen LogP contribution in [-0.2, 0) is 9.59 Å². The first-order valence-corrected chi connectivity index (χ1v) is 7.62. The van der Waals surface area contributed by atoms with Crippen molar-refractivity contribution in [2.75, 3.05) is 0 Å². The lowest BCUT2D eigenvalue weighted by Crippen LogP contribution is -2.70. The summed E-state index contributed by atoms with van der Waals surface area (Å²) in [6.07, 6.45) is 7.33. The van der Waals surface area contributed by atoms with Gasteiger partial charge < -0.3 is 10.2 Å². The van der Waals surface area contributed by atoms with Gasteiger partial charge in [-0.1, -0.05) is 32.6 Å². The van der Waals surface area contributed by atoms with E-state index in [4.69, 9.17) is 0 Å². The zero-order valence-electron chi connectivity index (χ0n) is 12.4. The van der Waals surface area contributed by atoms with Crippen LogP contribution in [0.3, 0.4) is 0 Å². The molecule has 0 aromatic rings. The molecule has 0 aromatic heterocycles. The molecular formula is C15H26N2O2. The van der Waals surface area contributed by atoms with E-state index in [1.807, 2.05) is 25.7 Å². The van der Waals surface area contributed by atoms with Crippen molar-refractivity contribution >= 4 is 11.8 Å². The van der Waals surface area contributed by atoms with Gasteiger partial charge in [-0.25, -0.2) is 0 Å². The van der Waals surface area contributed by atoms with Crippen LogP contribution in [0.1, 0.15) is 65.7 Å². The number of nitrogens with one attached hydrogen (secondary N) is 1. The van der Waals surface area contributed by atoms with Gasteiger partial charge in [-0.3, -0.25) is 9.59 Å². The van der Waals surface area contributed by atoms with Crippen molar-refractivity contribution in [3.8, 4) is 0 Å². The van der Waals surface area contributed by atoms with Crippen molar-refractivity contribution in [2.24, 2.45) is 0 Å². The molecule has 0 radical (unpaired) electrons. The third kappa shape index (κ3) is 2.63. The summed E-state index contributed by atoms with van der Waals surface area (Å²) in [5, 5.41) is 2.90. The number of hydrogen-bond acceptors (Lipinski definition) is 2. The number of piperazine rings is 1. The highest BCUT2D eigenvalue weighted by molar-refractivity contribution is 5.99. The number of amides is 2. The van der Waals surface area contributed by atoms with Crippen LogP contribution in [0.2, 0.25) is 0 Å². The number of rotatable bonds is 3. The molecular weight excluding hydrogens is 240 g/mol. The van der Waals surface area contributed by atoms with Crippen LogP contribution < -0.4 is 5.32 Å². The molecule has 1 unspecified atom stereocenters. The maximum atomic E-state index is 12.7. The molecule has 2 fully saturated rings. The average Bonchev–Trinajstić information content (AvgIpc) is 2.37. The average molecular weight is 266 g/mol. The Hall–Kier alpha value is -1.06. The van der Waals surface area contributed by atoms with Gasteiger partial charge in [0.1, 0.15) is 11.6 Å². The first kappa shape index (κ1) is 14.4. The number of carbonyl (C=O) groups is 2. The van der Waals surface area contributed by atoms with Gasteiger partial charge in [0.2, 0.25) is 11.8 Å². The molecule has 19 heavy (non-hydrogen) atoms. The Morgan fingerprint density at radius 1 is 1.21 bits per heavy atom. The SMILES string of the molecule is CCCC1NC(=O)C(C)(C)N(C2CCCCC2)C1=O. The standard InChI is InChI=1S/C15H26N2O2/c1-4-8-12-13(18)17(11-9-6-5-7-10-11)15(2,3)14(19)16-12/h11-12H,4-10H2,1-3H3,(H,16,19). The summed E-state index contributed by atoms with van der Waals surface area (Å²) in [6, 6.07) is -0.0610. The van der Waals surface area contributed by atoms with Crippen LogP contribution in [0, 0.1) is 0 Å². The van der Waals surface area contributed by atoms with Gasteiger partial charge >= 0.3 is 0 Å². The van der Waals surface area contributed by atoms with Crippen LogP contribution >= 0.6 is 0 Å². The molecule has 1 N–H and O–H groups in total. The summed E-state index contributed by atoms with van der Waals surface area (Å²) in [4.78, 5) is 26.9. The van der Waals surface area contributed by atoms with E-state index < -0.39 is 5.54 Å². The van der Waals surface area contributed by atoms with Gasteiger partial charge in [0.25, 0.3) is 0 Å². The summed E-state index contributed by atoms with van der Waals surface area (Å²) in [5.74, 6) is 0.120. The van der Waals surface area contributed by atoms with Crippen LogP contribution in [0.25, 0.3) is 0 Å². The lowest BCUT2D eigenvalue weighted by atomic mass is 9.86. The molecule has 0 spiro atoms. The molecule has 2 aliphatic rings. The molecule has 1 saturated carbocycles. The molecule has 0 aromatic carbocycles. The Morgan fingerprint density at radius 2 is 1.84 bits per heavy atom. The first-order chi connectivity index (χ1) is 8.98. The van der Waals surface area contributed by atoms with E-state index in [1.165, 1.54) is 19.3 Å². The van der Waals surface area contributed by atoms with Crippen molar-refractivity contribution in [3.63, 3.8) is 0 Å². The van der Waals surface area contributed by atoms with E-state index >= 15 is 0 Å². The summed E-state index contributed by atoms with van der Waals surface area (Å²) >= 11 is 0. The highest BCUT2D eigenvalue weighted by atomic mass is 16.2. The Balaban J connectivity index is 2.23. The fourth-order valence-electron chi connectivity index (χ4n) is 3.41. The molecule has 4 nitrogen and oxygen atoms in total. The summed E-state index contributed by atoms with van der Waals surface area (Å²) < 4.78 is 0. The quantitative estimate of drug-likeness (QED) is 0.851. The second-order valence-corrected chi connectivity index (χ2v) is 6.37. The number of hydrogen-bond donors (Lipinski definition) is 1. The third-order valence-corrected chi connectivity index (χ3v) is 4.52. The molecule has 2 amide bonds. The van der Waals surface area contributed by atoms with Gasteiger partial charge in [0.05, 0.1) is 0 Å². The molecule has 1 saturated heterocycles. The summed E-state index contributed by atoms with van der Waals surface area (Å²) in [6.45, 7) is 5.79. The molecule has 0 bridgehead atoms. The predicted octanol–water partition coefficient (Wildman–Crippen LogP) is 2.22. The van der Waals surface area contributed by atoms with Gasteiger partial charge in [0.15, 0.2) is 0 Å². The Kier molecular flexibility index (Phi) is 4.16. The van der Waals surface area contributed by atoms with Gasteiger partial charge in [-0.05, 0) is 33.1 Å². The van der Waals surface area contributed by atoms with E-state index in [-0.39, 0.29) is 23.9 Å². The number of carbonyl (C=O) groups excluding carboxylic acids is 2. The summed E-state index contributed by atoms with van der Waals surface area (Å²) in [5.41, 5.74) is -0.705. The highest BCUT2D eigenvalue weighted by Gasteiger charge is 2.48. The first-order valence-electron chi connectivity index (χ1n) is 7.62. The minimum Gasteiger partial charge on any atom is -0.342 e. The van der Waals surface area contributed by atoms with E-state index in [0.717, 1.165) is 25.7 Å². The molecule has 1 aliphatic heterocycles. The lowest BCUT2D eigenvalue weighted by molar-refractivity contribution is -0.159. The molecule has 108 valence electrons. The van der Waals surface area contributed by atoms with Crippen molar-refractivity contribution in [1.29, 1.82) is 0 Å². The topological polar surface area (TPSA) is 49.4 Å². The fourth-order valence-corrected chi connectivity index (χ4v) is 3.41. The van der Waals surface area contributed by atoms with E-state index in [2.05, 4.69) is 5.32 Å². The van der Waals surface area contributed by atoms with E-state index in [0.29, 0.717) is 0 Å². The Bertz CT molecular complexity index is 359. The Morgan fingerprint density at radius 3 is 2.42 bits per heavy atom. The van der Waals surface area contributed by atoms with Gasteiger partial charge in [0, 0.05) is 6.04 Å².